The average Bonchev–Trinajstić information content (AvgIpc) is 3.02. The number of nitriles is 1. The van der Waals surface area contributed by atoms with Crippen LogP contribution < -0.4 is 0 Å². The zero-order valence-corrected chi connectivity index (χ0v) is 13.7. The van der Waals surface area contributed by atoms with E-state index in [0.717, 1.165) is 5.56 Å². The summed E-state index contributed by atoms with van der Waals surface area (Å²) < 4.78 is 13.5. The Bertz CT molecular complexity index is 798. The van der Waals surface area contributed by atoms with Crippen molar-refractivity contribution in [2.45, 2.75) is 31.4 Å². The molecule has 1 amide bonds. The maximum absolute atomic E-state index is 13.5. The monoisotopic (exact) mass is 338 g/mol. The van der Waals surface area contributed by atoms with E-state index in [-0.39, 0.29) is 24.3 Å². The van der Waals surface area contributed by atoms with Gasteiger partial charge in [0, 0.05) is 13.0 Å². The number of rotatable bonds is 4. The number of amides is 1. The Labute approximate surface area is 146 Å². The molecule has 0 bridgehead atoms. The maximum atomic E-state index is 13.5. The van der Waals surface area contributed by atoms with E-state index in [1.165, 1.54) is 12.1 Å². The van der Waals surface area contributed by atoms with E-state index in [1.54, 1.807) is 29.2 Å². The molecule has 1 fully saturated rings. The van der Waals surface area contributed by atoms with Crippen LogP contribution in [0.15, 0.2) is 48.5 Å². The van der Waals surface area contributed by atoms with Gasteiger partial charge in [-0.25, -0.2) is 4.39 Å². The first-order valence-electron chi connectivity index (χ1n) is 8.29. The number of hydrogen-bond acceptors (Lipinski definition) is 3. The van der Waals surface area contributed by atoms with Crippen LogP contribution in [0, 0.1) is 17.1 Å². The maximum Gasteiger partial charge on any atom is 0.223 e. The van der Waals surface area contributed by atoms with Crippen molar-refractivity contribution in [2.75, 3.05) is 6.54 Å². The van der Waals surface area contributed by atoms with Crippen LogP contribution in [0.1, 0.15) is 35.6 Å². The van der Waals surface area contributed by atoms with Gasteiger partial charge in [0.15, 0.2) is 0 Å². The highest BCUT2D eigenvalue weighted by atomic mass is 19.1. The van der Waals surface area contributed by atoms with Crippen LogP contribution in [-0.4, -0.2) is 28.6 Å². The third-order valence-electron chi connectivity index (χ3n) is 4.54. The largest absolute Gasteiger partial charge is 0.391 e. The first-order valence-corrected chi connectivity index (χ1v) is 8.29. The molecule has 1 aliphatic heterocycles. The van der Waals surface area contributed by atoms with Crippen molar-refractivity contribution in [3.63, 3.8) is 0 Å². The van der Waals surface area contributed by atoms with E-state index in [4.69, 9.17) is 5.26 Å². The van der Waals surface area contributed by atoms with Crippen LogP contribution in [0.25, 0.3) is 0 Å². The summed E-state index contributed by atoms with van der Waals surface area (Å²) in [6, 6.07) is 15.1. The zero-order valence-electron chi connectivity index (χ0n) is 13.7. The Balaban J connectivity index is 1.68. The van der Waals surface area contributed by atoms with Gasteiger partial charge < -0.3 is 10.0 Å². The molecule has 1 aliphatic rings. The Morgan fingerprint density at radius 2 is 2.04 bits per heavy atom. The van der Waals surface area contributed by atoms with Gasteiger partial charge >= 0.3 is 0 Å². The Morgan fingerprint density at radius 3 is 2.72 bits per heavy atom. The molecule has 0 unspecified atom stereocenters. The smallest absolute Gasteiger partial charge is 0.223 e. The van der Waals surface area contributed by atoms with Gasteiger partial charge in [0.25, 0.3) is 0 Å². The lowest BCUT2D eigenvalue weighted by molar-refractivity contribution is -0.132. The van der Waals surface area contributed by atoms with E-state index in [9.17, 15) is 14.3 Å². The van der Waals surface area contributed by atoms with Crippen molar-refractivity contribution in [1.82, 2.24) is 4.90 Å². The summed E-state index contributed by atoms with van der Waals surface area (Å²) in [7, 11) is 0. The number of aliphatic hydroxyl groups excluding tert-OH is 1. The van der Waals surface area contributed by atoms with E-state index in [2.05, 4.69) is 6.07 Å². The normalized spacial score (nSPS) is 19.6. The molecular weight excluding hydrogens is 319 g/mol. The van der Waals surface area contributed by atoms with E-state index >= 15 is 0 Å². The molecule has 2 aromatic carbocycles. The number of likely N-dealkylation sites (tertiary alicyclic amines) is 1. The highest BCUT2D eigenvalue weighted by molar-refractivity contribution is 5.77. The number of hydrogen-bond donors (Lipinski definition) is 1. The molecule has 1 heterocycles. The molecule has 5 heteroatoms. The first-order chi connectivity index (χ1) is 12.1. The lowest BCUT2D eigenvalue weighted by Crippen LogP contribution is -2.32. The SMILES string of the molecule is N#Cc1ccc(CCC(=O)N2C[C@@H](O)C[C@H]2c2cccc(F)c2)cc1. The van der Waals surface area contributed by atoms with Crippen molar-refractivity contribution in [1.29, 1.82) is 5.26 Å². The summed E-state index contributed by atoms with van der Waals surface area (Å²) in [5, 5.41) is 18.8. The van der Waals surface area contributed by atoms with Crippen LogP contribution in [-0.2, 0) is 11.2 Å². The minimum Gasteiger partial charge on any atom is -0.391 e. The van der Waals surface area contributed by atoms with Gasteiger partial charge in [-0.1, -0.05) is 24.3 Å². The second-order valence-electron chi connectivity index (χ2n) is 6.32. The molecular formula is C20H19FN2O2. The van der Waals surface area contributed by atoms with Crippen molar-refractivity contribution >= 4 is 5.91 Å². The molecule has 0 spiro atoms. The van der Waals surface area contributed by atoms with Crippen molar-refractivity contribution in [2.24, 2.45) is 0 Å². The fourth-order valence-corrected chi connectivity index (χ4v) is 3.26. The van der Waals surface area contributed by atoms with Crippen molar-refractivity contribution in [3.05, 3.63) is 71.0 Å². The summed E-state index contributed by atoms with van der Waals surface area (Å²) in [6.45, 7) is 0.271. The van der Waals surface area contributed by atoms with E-state index < -0.39 is 6.10 Å². The predicted octanol–water partition coefficient (Wildman–Crippen LogP) is 2.96. The van der Waals surface area contributed by atoms with Crippen LogP contribution in [0.5, 0.6) is 0 Å². The fourth-order valence-electron chi connectivity index (χ4n) is 3.26. The third-order valence-corrected chi connectivity index (χ3v) is 4.54. The molecule has 0 aromatic heterocycles. The number of aryl methyl sites for hydroxylation is 1. The number of aliphatic hydroxyl groups is 1. The summed E-state index contributed by atoms with van der Waals surface area (Å²) in [5.74, 6) is -0.404. The lowest BCUT2D eigenvalue weighted by Gasteiger charge is -2.25. The van der Waals surface area contributed by atoms with Crippen LogP contribution in [0.2, 0.25) is 0 Å². The Hall–Kier alpha value is -2.71. The molecule has 2 aromatic rings. The predicted molar refractivity (Wildman–Crippen MR) is 91.0 cm³/mol. The molecule has 0 saturated carbocycles. The van der Waals surface area contributed by atoms with Crippen molar-refractivity contribution in [3.8, 4) is 6.07 Å². The van der Waals surface area contributed by atoms with Crippen LogP contribution in [0.3, 0.4) is 0 Å². The summed E-state index contributed by atoms with van der Waals surface area (Å²) in [5.41, 5.74) is 2.28. The highest BCUT2D eigenvalue weighted by Crippen LogP contribution is 2.33. The number of nitrogens with zero attached hydrogens (tertiary/aromatic N) is 2. The van der Waals surface area contributed by atoms with Crippen molar-refractivity contribution < 1.29 is 14.3 Å². The van der Waals surface area contributed by atoms with Gasteiger partial charge in [0.1, 0.15) is 5.82 Å². The third kappa shape index (κ3) is 4.04. The Morgan fingerprint density at radius 1 is 1.28 bits per heavy atom. The van der Waals surface area contributed by atoms with Crippen LogP contribution in [0.4, 0.5) is 4.39 Å². The molecule has 128 valence electrons. The molecule has 0 radical (unpaired) electrons. The number of carbonyl (C=O) groups is 1. The van der Waals surface area contributed by atoms with Crippen LogP contribution >= 0.6 is 0 Å². The second-order valence-corrected chi connectivity index (χ2v) is 6.32. The number of halogens is 1. The quantitative estimate of drug-likeness (QED) is 0.932. The highest BCUT2D eigenvalue weighted by Gasteiger charge is 2.35. The molecule has 2 atom stereocenters. The van der Waals surface area contributed by atoms with E-state index in [0.29, 0.717) is 30.4 Å². The molecule has 4 nitrogen and oxygen atoms in total. The molecule has 3 rings (SSSR count). The van der Waals surface area contributed by atoms with Gasteiger partial charge in [-0.3, -0.25) is 4.79 Å². The van der Waals surface area contributed by atoms with Gasteiger partial charge in [-0.05, 0) is 48.2 Å². The zero-order chi connectivity index (χ0) is 17.8. The van der Waals surface area contributed by atoms with Gasteiger partial charge in [-0.2, -0.15) is 5.26 Å². The standard InChI is InChI=1S/C20H19FN2O2/c21-17-3-1-2-16(10-17)19-11-18(24)13-23(19)20(25)9-8-14-4-6-15(12-22)7-5-14/h1-7,10,18-19,24H,8-9,11,13H2/t18-,19-/m0/s1. The van der Waals surface area contributed by atoms with Gasteiger partial charge in [0.05, 0.1) is 23.8 Å². The van der Waals surface area contributed by atoms with Gasteiger partial charge in [-0.15, -0.1) is 0 Å². The number of benzene rings is 2. The Kier molecular flexibility index (Phi) is 5.11. The minimum atomic E-state index is -0.591. The number of carbonyl (C=O) groups excluding carboxylic acids is 1. The molecule has 0 aliphatic carbocycles. The first kappa shape index (κ1) is 17.1. The summed E-state index contributed by atoms with van der Waals surface area (Å²) >= 11 is 0. The minimum absolute atomic E-state index is 0.0600. The second kappa shape index (κ2) is 7.45. The topological polar surface area (TPSA) is 64.3 Å². The molecule has 1 N–H and O–H groups in total. The van der Waals surface area contributed by atoms with Gasteiger partial charge in [0.2, 0.25) is 5.91 Å². The molecule has 1 saturated heterocycles. The summed E-state index contributed by atoms with van der Waals surface area (Å²) in [4.78, 5) is 14.3. The fraction of sp³-hybridized carbons (Fsp3) is 0.300. The number of β-amino-alcohol motifs (C(OH)–C–C–N with tert-alkyl or cyclic N) is 1. The lowest BCUT2D eigenvalue weighted by atomic mass is 10.0. The summed E-state index contributed by atoms with van der Waals surface area (Å²) in [6.07, 6.45) is 0.705. The average molecular weight is 338 g/mol. The molecule has 25 heavy (non-hydrogen) atoms. The van der Waals surface area contributed by atoms with E-state index in [1.807, 2.05) is 12.1 Å².